The van der Waals surface area contributed by atoms with E-state index in [0.29, 0.717) is 44.6 Å². The van der Waals surface area contributed by atoms with E-state index in [2.05, 4.69) is 5.32 Å². The van der Waals surface area contributed by atoms with Crippen LogP contribution in [0.5, 0.6) is 0 Å². The summed E-state index contributed by atoms with van der Waals surface area (Å²) in [4.78, 5) is 28.1. The summed E-state index contributed by atoms with van der Waals surface area (Å²) in [6, 6.07) is 0.298. The van der Waals surface area contributed by atoms with Crippen LogP contribution in [0.2, 0.25) is 0 Å². The number of rotatable bonds is 8. The van der Waals surface area contributed by atoms with Crippen LogP contribution in [0.15, 0.2) is 0 Å². The molecule has 1 saturated heterocycles. The van der Waals surface area contributed by atoms with Crippen molar-refractivity contribution >= 4 is 21.7 Å². The van der Waals surface area contributed by atoms with Crippen molar-refractivity contribution in [3.05, 3.63) is 0 Å². The highest BCUT2D eigenvalue weighted by molar-refractivity contribution is 7.91. The molecule has 3 aliphatic rings. The van der Waals surface area contributed by atoms with Crippen molar-refractivity contribution in [2.75, 3.05) is 44.2 Å². The van der Waals surface area contributed by atoms with Gasteiger partial charge in [-0.15, -0.1) is 0 Å². The Morgan fingerprint density at radius 2 is 1.75 bits per heavy atom. The molecule has 3 fully saturated rings. The van der Waals surface area contributed by atoms with Gasteiger partial charge in [0.1, 0.15) is 0 Å². The molecule has 24 heavy (non-hydrogen) atoms. The summed E-state index contributed by atoms with van der Waals surface area (Å²) in [5.74, 6) is 0.985. The molecule has 8 heteroatoms. The molecule has 136 valence electrons. The van der Waals surface area contributed by atoms with Crippen LogP contribution in [-0.2, 0) is 19.4 Å². The van der Waals surface area contributed by atoms with Crippen molar-refractivity contribution < 1.29 is 18.0 Å². The third-order valence-electron chi connectivity index (χ3n) is 4.95. The van der Waals surface area contributed by atoms with E-state index >= 15 is 0 Å². The van der Waals surface area contributed by atoms with Crippen LogP contribution in [0.3, 0.4) is 0 Å². The van der Waals surface area contributed by atoms with Crippen molar-refractivity contribution in [2.24, 2.45) is 5.92 Å². The smallest absolute Gasteiger partial charge is 0.237 e. The van der Waals surface area contributed by atoms with Crippen molar-refractivity contribution in [3.63, 3.8) is 0 Å². The van der Waals surface area contributed by atoms with Gasteiger partial charge in [-0.1, -0.05) is 0 Å². The molecule has 0 bridgehead atoms. The summed E-state index contributed by atoms with van der Waals surface area (Å²) in [5.41, 5.74) is 0. The van der Waals surface area contributed by atoms with E-state index in [9.17, 15) is 18.0 Å². The van der Waals surface area contributed by atoms with Crippen LogP contribution in [0.1, 0.15) is 32.1 Å². The second-order valence-electron chi connectivity index (χ2n) is 7.24. The summed E-state index contributed by atoms with van der Waals surface area (Å²) in [6.07, 6.45) is 4.98. The predicted octanol–water partition coefficient (Wildman–Crippen LogP) is -0.376. The fraction of sp³-hybridized carbons (Fsp3) is 0.875. The van der Waals surface area contributed by atoms with Crippen LogP contribution in [0.25, 0.3) is 0 Å². The molecule has 1 N–H and O–H groups in total. The SMILES string of the molecule is O=C(CC1CC1)NCCN(C(=O)CN1CCS(=O)(=O)CC1)C1CC1. The monoisotopic (exact) mass is 357 g/mol. The van der Waals surface area contributed by atoms with Crippen molar-refractivity contribution in [1.82, 2.24) is 15.1 Å². The van der Waals surface area contributed by atoms with Gasteiger partial charge in [0.25, 0.3) is 0 Å². The Morgan fingerprint density at radius 1 is 1.08 bits per heavy atom. The first-order chi connectivity index (χ1) is 11.4. The highest BCUT2D eigenvalue weighted by Gasteiger charge is 2.33. The quantitative estimate of drug-likeness (QED) is 0.640. The van der Waals surface area contributed by atoms with Crippen LogP contribution >= 0.6 is 0 Å². The topological polar surface area (TPSA) is 86.8 Å². The fourth-order valence-corrected chi connectivity index (χ4v) is 4.34. The van der Waals surface area contributed by atoms with Crippen molar-refractivity contribution in [2.45, 2.75) is 38.1 Å². The molecule has 0 unspecified atom stereocenters. The summed E-state index contributed by atoms with van der Waals surface area (Å²) in [6.45, 7) is 2.20. The standard InChI is InChI=1S/C16H27N3O4S/c20-15(11-13-1-2-13)17-5-6-19(14-3-4-14)16(21)12-18-7-9-24(22,23)10-8-18/h13-14H,1-12H2,(H,17,20). The molecule has 2 saturated carbocycles. The van der Waals surface area contributed by atoms with Crippen LogP contribution in [0, 0.1) is 5.92 Å². The number of carbonyl (C=O) groups excluding carboxylic acids is 2. The summed E-state index contributed by atoms with van der Waals surface area (Å²) >= 11 is 0. The summed E-state index contributed by atoms with van der Waals surface area (Å²) in [5, 5.41) is 2.91. The molecule has 0 aromatic heterocycles. The number of amides is 2. The number of sulfone groups is 1. The molecule has 2 aliphatic carbocycles. The van der Waals surface area contributed by atoms with Gasteiger partial charge in [0, 0.05) is 38.6 Å². The molecule has 1 heterocycles. The second-order valence-corrected chi connectivity index (χ2v) is 9.55. The van der Waals surface area contributed by atoms with E-state index in [4.69, 9.17) is 0 Å². The maximum atomic E-state index is 12.5. The lowest BCUT2D eigenvalue weighted by atomic mass is 10.3. The van der Waals surface area contributed by atoms with Gasteiger partial charge in [0.15, 0.2) is 9.84 Å². The minimum Gasteiger partial charge on any atom is -0.354 e. The Labute approximate surface area is 143 Å². The number of carbonyl (C=O) groups is 2. The molecule has 2 amide bonds. The van der Waals surface area contributed by atoms with Gasteiger partial charge < -0.3 is 10.2 Å². The second kappa shape index (κ2) is 7.39. The largest absolute Gasteiger partial charge is 0.354 e. The van der Waals surface area contributed by atoms with Crippen LogP contribution in [-0.4, -0.2) is 80.3 Å². The van der Waals surface area contributed by atoms with Crippen LogP contribution in [0.4, 0.5) is 0 Å². The highest BCUT2D eigenvalue weighted by atomic mass is 32.2. The lowest BCUT2D eigenvalue weighted by molar-refractivity contribution is -0.133. The lowest BCUT2D eigenvalue weighted by Gasteiger charge is -2.29. The van der Waals surface area contributed by atoms with Gasteiger partial charge in [0.2, 0.25) is 11.8 Å². The minimum atomic E-state index is -2.92. The highest BCUT2D eigenvalue weighted by Crippen LogP contribution is 2.32. The Morgan fingerprint density at radius 3 is 2.33 bits per heavy atom. The number of nitrogens with zero attached hydrogens (tertiary/aromatic N) is 2. The average Bonchev–Trinajstić information content (AvgIpc) is 3.40. The third-order valence-corrected chi connectivity index (χ3v) is 6.56. The van der Waals surface area contributed by atoms with E-state index in [1.54, 1.807) is 0 Å². The number of nitrogens with one attached hydrogen (secondary N) is 1. The van der Waals surface area contributed by atoms with Gasteiger partial charge >= 0.3 is 0 Å². The zero-order chi connectivity index (χ0) is 17.2. The zero-order valence-electron chi connectivity index (χ0n) is 14.1. The van der Waals surface area contributed by atoms with Crippen LogP contribution < -0.4 is 5.32 Å². The van der Waals surface area contributed by atoms with E-state index < -0.39 is 9.84 Å². The Hall–Kier alpha value is -1.15. The molecule has 0 aromatic carbocycles. The normalized spacial score (nSPS) is 23.7. The molecule has 7 nitrogen and oxygen atoms in total. The molecule has 0 radical (unpaired) electrons. The maximum Gasteiger partial charge on any atom is 0.237 e. The van der Waals surface area contributed by atoms with E-state index in [1.807, 2.05) is 9.80 Å². The number of hydrogen-bond donors (Lipinski definition) is 1. The van der Waals surface area contributed by atoms with Crippen molar-refractivity contribution in [3.8, 4) is 0 Å². The Kier molecular flexibility index (Phi) is 5.44. The van der Waals surface area contributed by atoms with E-state index in [-0.39, 0.29) is 29.9 Å². The van der Waals surface area contributed by atoms with Gasteiger partial charge in [-0.3, -0.25) is 14.5 Å². The van der Waals surface area contributed by atoms with Gasteiger partial charge in [-0.05, 0) is 31.6 Å². The predicted molar refractivity (Wildman–Crippen MR) is 90.2 cm³/mol. The molecule has 0 atom stereocenters. The maximum absolute atomic E-state index is 12.5. The first kappa shape index (κ1) is 17.7. The van der Waals surface area contributed by atoms with Gasteiger partial charge in [-0.2, -0.15) is 0 Å². The summed E-state index contributed by atoms with van der Waals surface area (Å²) < 4.78 is 22.9. The third kappa shape index (κ3) is 5.44. The minimum absolute atomic E-state index is 0.0493. The van der Waals surface area contributed by atoms with Crippen molar-refractivity contribution in [1.29, 1.82) is 0 Å². The molecular formula is C16H27N3O4S. The Bertz CT molecular complexity index is 570. The van der Waals surface area contributed by atoms with E-state index in [1.165, 1.54) is 0 Å². The molecular weight excluding hydrogens is 330 g/mol. The molecule has 3 rings (SSSR count). The van der Waals surface area contributed by atoms with Gasteiger partial charge in [-0.25, -0.2) is 8.42 Å². The first-order valence-electron chi connectivity index (χ1n) is 8.92. The lowest BCUT2D eigenvalue weighted by Crippen LogP contribution is -2.48. The summed E-state index contributed by atoms with van der Waals surface area (Å²) in [7, 11) is -2.92. The number of hydrogen-bond acceptors (Lipinski definition) is 5. The molecule has 0 aromatic rings. The zero-order valence-corrected chi connectivity index (χ0v) is 14.9. The van der Waals surface area contributed by atoms with E-state index in [0.717, 1.165) is 25.7 Å². The Balaban J connectivity index is 1.41. The average molecular weight is 357 g/mol. The fourth-order valence-electron chi connectivity index (χ4n) is 3.06. The molecule has 1 aliphatic heterocycles. The molecule has 0 spiro atoms. The van der Waals surface area contributed by atoms with Gasteiger partial charge in [0.05, 0.1) is 18.1 Å². The first-order valence-corrected chi connectivity index (χ1v) is 10.7.